The average molecular weight is 265 g/mol. The van der Waals surface area contributed by atoms with Gasteiger partial charge in [-0.15, -0.1) is 0 Å². The summed E-state index contributed by atoms with van der Waals surface area (Å²) in [5.74, 6) is 0. The van der Waals surface area contributed by atoms with E-state index < -0.39 is 0 Å². The van der Waals surface area contributed by atoms with Crippen molar-refractivity contribution in [2.75, 3.05) is 0 Å². The van der Waals surface area contributed by atoms with Crippen LogP contribution in [0, 0.1) is 0 Å². The molecule has 0 amide bonds. The van der Waals surface area contributed by atoms with Gasteiger partial charge < -0.3 is 0 Å². The molecule has 2 nitrogen and oxygen atoms in total. The number of nitrogens with zero attached hydrogens (tertiary/aromatic N) is 1. The minimum Gasteiger partial charge on any atom is -0.298 e. The van der Waals surface area contributed by atoms with Crippen LogP contribution in [-0.2, 0) is 0 Å². The first-order valence-electron chi connectivity index (χ1n) is 2.50. The van der Waals surface area contributed by atoms with Gasteiger partial charge in [0.05, 0.1) is 0 Å². The molecule has 0 bridgehead atoms. The maximum absolute atomic E-state index is 10.3. The Kier molecular flexibility index (Phi) is 2.56. The van der Waals surface area contributed by atoms with E-state index in [1.807, 2.05) is 0 Å². The van der Waals surface area contributed by atoms with E-state index in [4.69, 9.17) is 0 Å². The second-order valence-electron chi connectivity index (χ2n) is 1.65. The van der Waals surface area contributed by atoms with Gasteiger partial charge in [-0.2, -0.15) is 0 Å². The predicted octanol–water partition coefficient (Wildman–Crippen LogP) is 2.42. The van der Waals surface area contributed by atoms with Crippen molar-refractivity contribution in [3.05, 3.63) is 26.9 Å². The third kappa shape index (κ3) is 1.64. The standard InChI is InChI=1S/C6H3Br2NO/c7-5-1-6(8)9-2-4(5)3-10/h1-3H. The summed E-state index contributed by atoms with van der Waals surface area (Å²) in [4.78, 5) is 14.1. The maximum atomic E-state index is 10.3. The SMILES string of the molecule is O=Cc1cnc(Br)cc1Br. The number of aromatic nitrogens is 1. The minimum atomic E-state index is 0.559. The quantitative estimate of drug-likeness (QED) is 0.576. The van der Waals surface area contributed by atoms with E-state index in [-0.39, 0.29) is 0 Å². The lowest BCUT2D eigenvalue weighted by molar-refractivity contribution is 0.112. The summed E-state index contributed by atoms with van der Waals surface area (Å²) in [6.07, 6.45) is 2.25. The van der Waals surface area contributed by atoms with Crippen molar-refractivity contribution in [2.45, 2.75) is 0 Å². The second-order valence-corrected chi connectivity index (χ2v) is 3.31. The van der Waals surface area contributed by atoms with Gasteiger partial charge in [0.1, 0.15) is 4.60 Å². The molecule has 0 radical (unpaired) electrons. The molecule has 52 valence electrons. The van der Waals surface area contributed by atoms with E-state index in [1.54, 1.807) is 6.07 Å². The van der Waals surface area contributed by atoms with Crippen molar-refractivity contribution >= 4 is 38.1 Å². The first kappa shape index (κ1) is 7.88. The molecule has 0 aliphatic heterocycles. The Balaban J connectivity index is 3.19. The molecule has 4 heteroatoms. The highest BCUT2D eigenvalue weighted by molar-refractivity contribution is 9.11. The predicted molar refractivity (Wildman–Crippen MR) is 45.0 cm³/mol. The fourth-order valence-electron chi connectivity index (χ4n) is 0.505. The van der Waals surface area contributed by atoms with E-state index in [9.17, 15) is 4.79 Å². The molecule has 1 rings (SSSR count). The van der Waals surface area contributed by atoms with Gasteiger partial charge in [0.2, 0.25) is 0 Å². The van der Waals surface area contributed by atoms with Crippen LogP contribution in [0.2, 0.25) is 0 Å². The van der Waals surface area contributed by atoms with Gasteiger partial charge in [-0.3, -0.25) is 4.79 Å². The van der Waals surface area contributed by atoms with Crippen molar-refractivity contribution in [3.63, 3.8) is 0 Å². The lowest BCUT2D eigenvalue weighted by Crippen LogP contribution is -1.84. The molecule has 0 unspecified atom stereocenters. The molecule has 0 saturated carbocycles. The summed E-state index contributed by atoms with van der Waals surface area (Å²) in [5, 5.41) is 0. The molecular formula is C6H3Br2NO. The fourth-order valence-corrected chi connectivity index (χ4v) is 1.56. The summed E-state index contributed by atoms with van der Waals surface area (Å²) in [6, 6.07) is 1.73. The number of hydrogen-bond acceptors (Lipinski definition) is 2. The Morgan fingerprint density at radius 1 is 1.50 bits per heavy atom. The molecule has 0 aromatic carbocycles. The van der Waals surface area contributed by atoms with Gasteiger partial charge in [-0.1, -0.05) is 0 Å². The van der Waals surface area contributed by atoms with E-state index >= 15 is 0 Å². The molecule has 0 fully saturated rings. The Hall–Kier alpha value is -0.220. The highest BCUT2D eigenvalue weighted by Crippen LogP contribution is 2.17. The Morgan fingerprint density at radius 2 is 2.20 bits per heavy atom. The summed E-state index contributed by atoms with van der Waals surface area (Å²) < 4.78 is 1.47. The molecule has 1 aromatic heterocycles. The van der Waals surface area contributed by atoms with Crippen LogP contribution in [0.5, 0.6) is 0 Å². The largest absolute Gasteiger partial charge is 0.298 e. The van der Waals surface area contributed by atoms with Gasteiger partial charge >= 0.3 is 0 Å². The zero-order valence-electron chi connectivity index (χ0n) is 4.84. The molecule has 0 spiro atoms. The van der Waals surface area contributed by atoms with Crippen molar-refractivity contribution in [1.82, 2.24) is 4.98 Å². The zero-order valence-corrected chi connectivity index (χ0v) is 8.02. The van der Waals surface area contributed by atoms with Gasteiger partial charge in [0, 0.05) is 16.2 Å². The third-order valence-electron chi connectivity index (χ3n) is 0.976. The van der Waals surface area contributed by atoms with Crippen LogP contribution in [0.25, 0.3) is 0 Å². The number of pyridine rings is 1. The molecule has 0 aliphatic rings. The summed E-state index contributed by atoms with van der Waals surface area (Å²) in [5.41, 5.74) is 0.559. The molecule has 10 heavy (non-hydrogen) atoms. The first-order chi connectivity index (χ1) is 4.74. The van der Waals surface area contributed by atoms with Crippen LogP contribution in [0.15, 0.2) is 21.3 Å². The first-order valence-corrected chi connectivity index (χ1v) is 4.09. The van der Waals surface area contributed by atoms with Crippen LogP contribution < -0.4 is 0 Å². The van der Waals surface area contributed by atoms with Gasteiger partial charge in [-0.05, 0) is 37.9 Å². The van der Waals surface area contributed by atoms with Crippen molar-refractivity contribution < 1.29 is 4.79 Å². The molecular weight excluding hydrogens is 262 g/mol. The van der Waals surface area contributed by atoms with E-state index in [0.29, 0.717) is 10.2 Å². The van der Waals surface area contributed by atoms with Gasteiger partial charge in [0.15, 0.2) is 6.29 Å². The highest BCUT2D eigenvalue weighted by Gasteiger charge is 1.97. The molecule has 1 heterocycles. The van der Waals surface area contributed by atoms with Crippen LogP contribution in [0.4, 0.5) is 0 Å². The molecule has 0 saturated heterocycles. The highest BCUT2D eigenvalue weighted by atomic mass is 79.9. The van der Waals surface area contributed by atoms with Crippen LogP contribution in [0.3, 0.4) is 0 Å². The number of rotatable bonds is 1. The van der Waals surface area contributed by atoms with Gasteiger partial charge in [-0.25, -0.2) is 4.98 Å². The Labute approximate surface area is 74.9 Å². The maximum Gasteiger partial charge on any atom is 0.152 e. The average Bonchev–Trinajstić information content (AvgIpc) is 1.88. The van der Waals surface area contributed by atoms with E-state index in [2.05, 4.69) is 36.8 Å². The lowest BCUT2D eigenvalue weighted by atomic mass is 10.3. The minimum absolute atomic E-state index is 0.559. The third-order valence-corrected chi connectivity index (χ3v) is 2.10. The van der Waals surface area contributed by atoms with E-state index in [0.717, 1.165) is 10.8 Å². The molecule has 1 aromatic rings. The number of halogens is 2. The van der Waals surface area contributed by atoms with E-state index in [1.165, 1.54) is 6.20 Å². The smallest absolute Gasteiger partial charge is 0.152 e. The molecule has 0 N–H and O–H groups in total. The summed E-state index contributed by atoms with van der Waals surface area (Å²) in [6.45, 7) is 0. The van der Waals surface area contributed by atoms with Gasteiger partial charge in [0.25, 0.3) is 0 Å². The Bertz CT molecular complexity index is 262. The van der Waals surface area contributed by atoms with Crippen LogP contribution >= 0.6 is 31.9 Å². The number of hydrogen-bond donors (Lipinski definition) is 0. The number of aldehydes is 1. The van der Waals surface area contributed by atoms with Crippen molar-refractivity contribution in [3.8, 4) is 0 Å². The van der Waals surface area contributed by atoms with Crippen molar-refractivity contribution in [2.24, 2.45) is 0 Å². The second kappa shape index (κ2) is 3.25. The summed E-state index contributed by atoms with van der Waals surface area (Å²) in [7, 11) is 0. The number of carbonyl (C=O) groups is 1. The molecule has 0 aliphatic carbocycles. The molecule has 0 atom stereocenters. The fraction of sp³-hybridized carbons (Fsp3) is 0. The number of carbonyl (C=O) groups excluding carboxylic acids is 1. The Morgan fingerprint density at radius 3 is 2.70 bits per heavy atom. The zero-order chi connectivity index (χ0) is 7.56. The normalized spacial score (nSPS) is 9.40. The van der Waals surface area contributed by atoms with Crippen molar-refractivity contribution in [1.29, 1.82) is 0 Å². The summed E-state index contributed by atoms with van der Waals surface area (Å²) >= 11 is 6.37. The lowest BCUT2D eigenvalue weighted by Gasteiger charge is -1.93. The van der Waals surface area contributed by atoms with Crippen LogP contribution in [0.1, 0.15) is 10.4 Å². The topological polar surface area (TPSA) is 30.0 Å². The van der Waals surface area contributed by atoms with Crippen LogP contribution in [-0.4, -0.2) is 11.3 Å². The monoisotopic (exact) mass is 263 g/mol.